The number of hydrogen-bond donors (Lipinski definition) is 1. The summed E-state index contributed by atoms with van der Waals surface area (Å²) in [6.45, 7) is 7.69. The highest BCUT2D eigenvalue weighted by molar-refractivity contribution is 4.58. The molecular weight excluding hydrogens is 178 g/mol. The molecule has 1 unspecified atom stereocenters. The lowest BCUT2D eigenvalue weighted by Crippen LogP contribution is -2.36. The summed E-state index contributed by atoms with van der Waals surface area (Å²) < 4.78 is 11.1. The highest BCUT2D eigenvalue weighted by Crippen LogP contribution is 2.03. The molecule has 14 heavy (non-hydrogen) atoms. The molecule has 0 fully saturated rings. The molecule has 0 aromatic rings. The molecule has 0 saturated carbocycles. The van der Waals surface area contributed by atoms with Gasteiger partial charge in [-0.25, -0.2) is 0 Å². The van der Waals surface area contributed by atoms with Gasteiger partial charge in [0.1, 0.15) is 0 Å². The first kappa shape index (κ1) is 13.9. The van der Waals surface area contributed by atoms with Crippen LogP contribution in [-0.2, 0) is 9.47 Å². The lowest BCUT2D eigenvalue weighted by molar-refractivity contribution is -0.152. The summed E-state index contributed by atoms with van der Waals surface area (Å²) in [5, 5.41) is 0. The molecule has 3 heteroatoms. The van der Waals surface area contributed by atoms with Crippen LogP contribution in [0.3, 0.4) is 0 Å². The first-order valence-corrected chi connectivity index (χ1v) is 5.71. The van der Waals surface area contributed by atoms with E-state index in [9.17, 15) is 0 Å². The zero-order valence-electron chi connectivity index (χ0n) is 9.79. The van der Waals surface area contributed by atoms with Gasteiger partial charge in [-0.15, -0.1) is 0 Å². The minimum atomic E-state index is -0.229. The van der Waals surface area contributed by atoms with Gasteiger partial charge in [0.2, 0.25) is 0 Å². The Balaban J connectivity index is 3.55. The second-order valence-electron chi connectivity index (χ2n) is 3.68. The van der Waals surface area contributed by atoms with E-state index in [1.807, 2.05) is 6.92 Å². The van der Waals surface area contributed by atoms with Crippen LogP contribution < -0.4 is 5.73 Å². The third-order valence-electron chi connectivity index (χ3n) is 1.99. The zero-order chi connectivity index (χ0) is 10.8. The maximum absolute atomic E-state index is 5.75. The predicted octanol–water partition coefficient (Wildman–Crippen LogP) is 2.29. The first-order chi connectivity index (χ1) is 6.72. The SMILES string of the molecule is CCCCOC(OCCCC)C(C)N. The number of rotatable bonds is 9. The van der Waals surface area contributed by atoms with Crippen molar-refractivity contribution in [2.75, 3.05) is 13.2 Å². The van der Waals surface area contributed by atoms with E-state index in [4.69, 9.17) is 15.2 Å². The fraction of sp³-hybridized carbons (Fsp3) is 1.00. The summed E-state index contributed by atoms with van der Waals surface area (Å²) >= 11 is 0. The minimum Gasteiger partial charge on any atom is -0.351 e. The number of ether oxygens (including phenoxy) is 2. The molecule has 0 amide bonds. The summed E-state index contributed by atoms with van der Waals surface area (Å²) in [5.41, 5.74) is 5.75. The van der Waals surface area contributed by atoms with E-state index in [0.29, 0.717) is 0 Å². The van der Waals surface area contributed by atoms with Crippen molar-refractivity contribution in [2.45, 2.75) is 58.8 Å². The summed E-state index contributed by atoms with van der Waals surface area (Å²) in [5.74, 6) is 0. The molecule has 0 aliphatic carbocycles. The molecule has 0 aliphatic heterocycles. The molecule has 0 spiro atoms. The molecule has 0 aromatic heterocycles. The van der Waals surface area contributed by atoms with E-state index in [0.717, 1.165) is 38.9 Å². The Hall–Kier alpha value is -0.120. The third kappa shape index (κ3) is 7.30. The molecule has 2 N–H and O–H groups in total. The Morgan fingerprint density at radius 3 is 1.71 bits per heavy atom. The molecular formula is C11H25NO2. The van der Waals surface area contributed by atoms with E-state index in [1.54, 1.807) is 0 Å². The van der Waals surface area contributed by atoms with Crippen LogP contribution in [-0.4, -0.2) is 25.5 Å². The quantitative estimate of drug-likeness (QED) is 0.462. The molecule has 0 aromatic carbocycles. The molecule has 0 aliphatic rings. The Kier molecular flexibility index (Phi) is 9.35. The fourth-order valence-corrected chi connectivity index (χ4v) is 1.04. The van der Waals surface area contributed by atoms with Crippen molar-refractivity contribution in [3.63, 3.8) is 0 Å². The number of hydrogen-bond acceptors (Lipinski definition) is 3. The van der Waals surface area contributed by atoms with Crippen molar-refractivity contribution < 1.29 is 9.47 Å². The van der Waals surface area contributed by atoms with Crippen LogP contribution in [0.5, 0.6) is 0 Å². The molecule has 1 atom stereocenters. The van der Waals surface area contributed by atoms with Gasteiger partial charge in [0.25, 0.3) is 0 Å². The number of unbranched alkanes of at least 4 members (excludes halogenated alkanes) is 2. The summed E-state index contributed by atoms with van der Waals surface area (Å²) in [4.78, 5) is 0. The standard InChI is InChI=1S/C11H25NO2/c1-4-6-8-13-11(10(3)12)14-9-7-5-2/h10-11H,4-9,12H2,1-3H3. The molecule has 0 bridgehead atoms. The van der Waals surface area contributed by atoms with Gasteiger partial charge >= 0.3 is 0 Å². The maximum atomic E-state index is 5.75. The summed E-state index contributed by atoms with van der Waals surface area (Å²) in [6, 6.07) is -0.0521. The Labute approximate surface area is 88.0 Å². The van der Waals surface area contributed by atoms with Gasteiger partial charge in [-0.2, -0.15) is 0 Å². The van der Waals surface area contributed by atoms with Gasteiger partial charge in [-0.05, 0) is 19.8 Å². The van der Waals surface area contributed by atoms with Gasteiger partial charge in [0, 0.05) is 13.2 Å². The largest absolute Gasteiger partial charge is 0.351 e. The van der Waals surface area contributed by atoms with Gasteiger partial charge in [-0.3, -0.25) is 0 Å². The average molecular weight is 203 g/mol. The average Bonchev–Trinajstić information content (AvgIpc) is 2.15. The highest BCUT2D eigenvalue weighted by atomic mass is 16.7. The van der Waals surface area contributed by atoms with Crippen LogP contribution in [0, 0.1) is 0 Å². The summed E-state index contributed by atoms with van der Waals surface area (Å²) in [7, 11) is 0. The van der Waals surface area contributed by atoms with E-state index in [-0.39, 0.29) is 12.3 Å². The van der Waals surface area contributed by atoms with E-state index >= 15 is 0 Å². The molecule has 0 radical (unpaired) electrons. The van der Waals surface area contributed by atoms with Crippen LogP contribution in [0.4, 0.5) is 0 Å². The predicted molar refractivity (Wildman–Crippen MR) is 59.2 cm³/mol. The van der Waals surface area contributed by atoms with Crippen LogP contribution in [0.25, 0.3) is 0 Å². The van der Waals surface area contributed by atoms with Crippen LogP contribution in [0.2, 0.25) is 0 Å². The van der Waals surface area contributed by atoms with E-state index in [1.165, 1.54) is 0 Å². The van der Waals surface area contributed by atoms with Crippen molar-refractivity contribution in [1.82, 2.24) is 0 Å². The van der Waals surface area contributed by atoms with E-state index in [2.05, 4.69) is 13.8 Å². The summed E-state index contributed by atoms with van der Waals surface area (Å²) in [6.07, 6.45) is 4.19. The zero-order valence-corrected chi connectivity index (χ0v) is 9.79. The maximum Gasteiger partial charge on any atom is 0.172 e. The Bertz CT molecular complexity index is 108. The first-order valence-electron chi connectivity index (χ1n) is 5.71. The second-order valence-corrected chi connectivity index (χ2v) is 3.68. The number of nitrogens with two attached hydrogens (primary N) is 1. The van der Waals surface area contributed by atoms with Gasteiger partial charge < -0.3 is 15.2 Å². The molecule has 0 rings (SSSR count). The topological polar surface area (TPSA) is 44.5 Å². The van der Waals surface area contributed by atoms with Crippen LogP contribution in [0.1, 0.15) is 46.5 Å². The Morgan fingerprint density at radius 2 is 1.43 bits per heavy atom. The monoisotopic (exact) mass is 203 g/mol. The fourth-order valence-electron chi connectivity index (χ4n) is 1.04. The lowest BCUT2D eigenvalue weighted by atomic mass is 10.3. The second kappa shape index (κ2) is 9.44. The molecule has 86 valence electrons. The minimum absolute atomic E-state index is 0.0521. The highest BCUT2D eigenvalue weighted by Gasteiger charge is 2.13. The van der Waals surface area contributed by atoms with Crippen molar-refractivity contribution in [2.24, 2.45) is 5.73 Å². The normalized spacial score (nSPS) is 13.5. The molecule has 3 nitrogen and oxygen atoms in total. The van der Waals surface area contributed by atoms with E-state index < -0.39 is 0 Å². The van der Waals surface area contributed by atoms with Gasteiger partial charge in [0.05, 0.1) is 6.04 Å². The third-order valence-corrected chi connectivity index (χ3v) is 1.99. The van der Waals surface area contributed by atoms with Crippen LogP contribution in [0.15, 0.2) is 0 Å². The lowest BCUT2D eigenvalue weighted by Gasteiger charge is -2.21. The van der Waals surface area contributed by atoms with Crippen molar-refractivity contribution >= 4 is 0 Å². The molecule has 0 saturated heterocycles. The Morgan fingerprint density at radius 1 is 1.00 bits per heavy atom. The van der Waals surface area contributed by atoms with Crippen molar-refractivity contribution in [3.8, 4) is 0 Å². The smallest absolute Gasteiger partial charge is 0.172 e. The van der Waals surface area contributed by atoms with Crippen molar-refractivity contribution in [3.05, 3.63) is 0 Å². The van der Waals surface area contributed by atoms with Crippen LogP contribution >= 0.6 is 0 Å². The van der Waals surface area contributed by atoms with Gasteiger partial charge in [0.15, 0.2) is 6.29 Å². The van der Waals surface area contributed by atoms with Gasteiger partial charge in [-0.1, -0.05) is 26.7 Å². The molecule has 0 heterocycles. The van der Waals surface area contributed by atoms with Crippen molar-refractivity contribution in [1.29, 1.82) is 0 Å².